The maximum Gasteiger partial charge on any atom is 0.254 e. The van der Waals surface area contributed by atoms with Crippen LogP contribution in [0.1, 0.15) is 16.8 Å². The molecule has 1 aromatic carbocycles. The maximum absolute atomic E-state index is 13.3. The monoisotopic (exact) mass is 275 g/mol. The number of rotatable bonds is 2. The molecule has 1 aliphatic heterocycles. The zero-order valence-electron chi connectivity index (χ0n) is 9.32. The minimum absolute atomic E-state index is 0.00355. The fraction of sp³-hybridized carbons (Fsp3) is 0.364. The number of amides is 1. The summed E-state index contributed by atoms with van der Waals surface area (Å²) in [5, 5.41) is 2.39. The highest BCUT2D eigenvalue weighted by Gasteiger charge is 2.29. The number of hydrogen-bond acceptors (Lipinski definition) is 3. The largest absolute Gasteiger partial charge is 0.348 e. The van der Waals surface area contributed by atoms with Crippen LogP contribution in [0.2, 0.25) is 0 Å². The van der Waals surface area contributed by atoms with E-state index in [2.05, 4.69) is 5.32 Å². The van der Waals surface area contributed by atoms with E-state index in [0.717, 1.165) is 12.1 Å². The first-order chi connectivity index (χ1) is 8.39. The van der Waals surface area contributed by atoms with Crippen molar-refractivity contribution in [2.75, 3.05) is 11.5 Å². The van der Waals surface area contributed by atoms with Crippen molar-refractivity contribution in [3.63, 3.8) is 0 Å². The van der Waals surface area contributed by atoms with E-state index in [1.54, 1.807) is 0 Å². The van der Waals surface area contributed by atoms with E-state index in [1.165, 1.54) is 6.07 Å². The van der Waals surface area contributed by atoms with Crippen LogP contribution in [0.15, 0.2) is 18.2 Å². The normalized spacial score (nSPS) is 21.8. The van der Waals surface area contributed by atoms with Gasteiger partial charge in [-0.1, -0.05) is 6.07 Å². The summed E-state index contributed by atoms with van der Waals surface area (Å²) in [5.74, 6) is -3.29. The lowest BCUT2D eigenvalue weighted by atomic mass is 10.1. The van der Waals surface area contributed by atoms with Crippen molar-refractivity contribution in [2.45, 2.75) is 12.5 Å². The lowest BCUT2D eigenvalue weighted by Gasteiger charge is -2.11. The molecule has 0 aliphatic carbocycles. The molecule has 1 heterocycles. The summed E-state index contributed by atoms with van der Waals surface area (Å²) in [6.07, 6.45) is 0.297. The summed E-state index contributed by atoms with van der Waals surface area (Å²) < 4.78 is 48.6. The number of nitrogens with one attached hydrogen (secondary N) is 1. The Bertz CT molecular complexity index is 586. The Morgan fingerprint density at radius 3 is 2.67 bits per heavy atom. The second kappa shape index (κ2) is 4.64. The van der Waals surface area contributed by atoms with Gasteiger partial charge in [-0.05, 0) is 18.6 Å². The zero-order valence-corrected chi connectivity index (χ0v) is 10.1. The third kappa shape index (κ3) is 2.66. The molecule has 0 saturated carbocycles. The summed E-state index contributed by atoms with van der Waals surface area (Å²) >= 11 is 0. The number of halogens is 2. The predicted molar refractivity (Wildman–Crippen MR) is 60.9 cm³/mol. The summed E-state index contributed by atoms with van der Waals surface area (Å²) in [6, 6.07) is 2.74. The van der Waals surface area contributed by atoms with Crippen LogP contribution in [-0.4, -0.2) is 31.9 Å². The standard InChI is InChI=1S/C11H11F2NO3S/c12-9-3-1-2-8(10(9)13)11(15)14-7-4-5-18(16,17)6-7/h1-3,7H,4-6H2,(H,14,15). The average Bonchev–Trinajstić information content (AvgIpc) is 2.62. The average molecular weight is 275 g/mol. The first kappa shape index (κ1) is 12.9. The van der Waals surface area contributed by atoms with Gasteiger partial charge >= 0.3 is 0 Å². The molecule has 7 heteroatoms. The molecule has 1 aliphatic rings. The van der Waals surface area contributed by atoms with Crippen molar-refractivity contribution in [1.82, 2.24) is 5.32 Å². The number of carbonyl (C=O) groups excluding carboxylic acids is 1. The Balaban J connectivity index is 2.11. The van der Waals surface area contributed by atoms with Crippen LogP contribution >= 0.6 is 0 Å². The highest BCUT2D eigenvalue weighted by Crippen LogP contribution is 2.14. The van der Waals surface area contributed by atoms with E-state index in [4.69, 9.17) is 0 Å². The van der Waals surface area contributed by atoms with Crippen LogP contribution in [-0.2, 0) is 9.84 Å². The predicted octanol–water partition coefficient (Wildman–Crippen LogP) is 0.882. The molecule has 1 N–H and O–H groups in total. The molecule has 98 valence electrons. The maximum atomic E-state index is 13.3. The van der Waals surface area contributed by atoms with Crippen LogP contribution in [0.5, 0.6) is 0 Å². The molecular weight excluding hydrogens is 264 g/mol. The van der Waals surface area contributed by atoms with Crippen molar-refractivity contribution >= 4 is 15.7 Å². The van der Waals surface area contributed by atoms with Gasteiger partial charge in [-0.3, -0.25) is 4.79 Å². The molecule has 0 radical (unpaired) electrons. The first-order valence-corrected chi connectivity index (χ1v) is 7.16. The fourth-order valence-corrected chi connectivity index (χ4v) is 3.52. The van der Waals surface area contributed by atoms with Gasteiger partial charge in [0.05, 0.1) is 17.1 Å². The zero-order chi connectivity index (χ0) is 13.3. The summed E-state index contributed by atoms with van der Waals surface area (Å²) in [6.45, 7) is 0. The van der Waals surface area contributed by atoms with Crippen molar-refractivity contribution in [2.24, 2.45) is 0 Å². The van der Waals surface area contributed by atoms with Gasteiger partial charge in [-0.25, -0.2) is 17.2 Å². The fourth-order valence-electron chi connectivity index (χ4n) is 1.85. The molecule has 2 rings (SSSR count). The topological polar surface area (TPSA) is 63.2 Å². The van der Waals surface area contributed by atoms with Gasteiger partial charge < -0.3 is 5.32 Å². The van der Waals surface area contributed by atoms with E-state index < -0.39 is 39.0 Å². The van der Waals surface area contributed by atoms with E-state index in [9.17, 15) is 22.0 Å². The molecule has 1 fully saturated rings. The van der Waals surface area contributed by atoms with Crippen molar-refractivity contribution in [3.05, 3.63) is 35.4 Å². The van der Waals surface area contributed by atoms with Gasteiger partial charge in [0.2, 0.25) is 0 Å². The number of hydrogen-bond donors (Lipinski definition) is 1. The van der Waals surface area contributed by atoms with Gasteiger partial charge in [0.25, 0.3) is 5.91 Å². The van der Waals surface area contributed by atoms with Gasteiger partial charge in [-0.15, -0.1) is 0 Å². The second-order valence-electron chi connectivity index (χ2n) is 4.17. The molecule has 1 unspecified atom stereocenters. The Morgan fingerprint density at radius 2 is 2.06 bits per heavy atom. The highest BCUT2D eigenvalue weighted by molar-refractivity contribution is 7.91. The highest BCUT2D eigenvalue weighted by atomic mass is 32.2. The quantitative estimate of drug-likeness (QED) is 0.871. The van der Waals surface area contributed by atoms with Gasteiger partial charge in [-0.2, -0.15) is 0 Å². The SMILES string of the molecule is O=C(NC1CCS(=O)(=O)C1)c1cccc(F)c1F. The van der Waals surface area contributed by atoms with Crippen molar-refractivity contribution < 1.29 is 22.0 Å². The molecule has 1 aromatic rings. The molecule has 18 heavy (non-hydrogen) atoms. The molecular formula is C11H11F2NO3S. The van der Waals surface area contributed by atoms with Crippen molar-refractivity contribution in [3.8, 4) is 0 Å². The van der Waals surface area contributed by atoms with E-state index in [-0.39, 0.29) is 11.5 Å². The molecule has 1 atom stereocenters. The summed E-state index contributed by atoms with van der Waals surface area (Å²) in [5.41, 5.74) is -0.417. The third-order valence-electron chi connectivity index (χ3n) is 2.76. The van der Waals surface area contributed by atoms with Crippen molar-refractivity contribution in [1.29, 1.82) is 0 Å². The van der Waals surface area contributed by atoms with E-state index in [0.29, 0.717) is 6.42 Å². The van der Waals surface area contributed by atoms with Crippen LogP contribution in [0.25, 0.3) is 0 Å². The van der Waals surface area contributed by atoms with Crippen LogP contribution in [0.3, 0.4) is 0 Å². The Kier molecular flexibility index (Phi) is 3.34. The third-order valence-corrected chi connectivity index (χ3v) is 4.53. The van der Waals surface area contributed by atoms with Gasteiger partial charge in [0.1, 0.15) is 0 Å². The molecule has 1 saturated heterocycles. The second-order valence-corrected chi connectivity index (χ2v) is 6.40. The Labute approximate surface area is 103 Å². The molecule has 1 amide bonds. The van der Waals surface area contributed by atoms with Gasteiger partial charge in [0, 0.05) is 6.04 Å². The number of sulfone groups is 1. The van der Waals surface area contributed by atoms with Crippen LogP contribution in [0, 0.1) is 11.6 Å². The number of carbonyl (C=O) groups is 1. The molecule has 0 bridgehead atoms. The van der Waals surface area contributed by atoms with E-state index >= 15 is 0 Å². The number of benzene rings is 1. The minimum atomic E-state index is -3.12. The first-order valence-electron chi connectivity index (χ1n) is 5.34. The molecule has 4 nitrogen and oxygen atoms in total. The van der Waals surface area contributed by atoms with Crippen LogP contribution < -0.4 is 5.32 Å². The minimum Gasteiger partial charge on any atom is -0.348 e. The smallest absolute Gasteiger partial charge is 0.254 e. The summed E-state index contributed by atoms with van der Waals surface area (Å²) in [7, 11) is -3.12. The summed E-state index contributed by atoms with van der Waals surface area (Å²) in [4.78, 5) is 11.7. The Hall–Kier alpha value is -1.50. The van der Waals surface area contributed by atoms with Crippen LogP contribution in [0.4, 0.5) is 8.78 Å². The molecule has 0 spiro atoms. The Morgan fingerprint density at radius 1 is 1.33 bits per heavy atom. The molecule has 0 aromatic heterocycles. The van der Waals surface area contributed by atoms with E-state index in [1.807, 2.05) is 0 Å². The lowest BCUT2D eigenvalue weighted by molar-refractivity contribution is 0.0936. The van der Waals surface area contributed by atoms with Gasteiger partial charge in [0.15, 0.2) is 21.5 Å². The lowest BCUT2D eigenvalue weighted by Crippen LogP contribution is -2.36.